The number of hydrogen-bond donors (Lipinski definition) is 3. The van der Waals surface area contributed by atoms with Crippen LogP contribution in [0.1, 0.15) is 55.3 Å². The second-order valence-electron chi connectivity index (χ2n) is 5.98. The summed E-state index contributed by atoms with van der Waals surface area (Å²) in [5.41, 5.74) is 5.51. The van der Waals surface area contributed by atoms with Gasteiger partial charge < -0.3 is 5.32 Å². The molecule has 0 aromatic heterocycles. The summed E-state index contributed by atoms with van der Waals surface area (Å²) in [5, 5.41) is 2.70. The van der Waals surface area contributed by atoms with Gasteiger partial charge in [-0.1, -0.05) is 44.2 Å². The Balaban J connectivity index is 1.68. The number of carbonyl (C=O) groups excluding carboxylic acids is 2. The van der Waals surface area contributed by atoms with Crippen LogP contribution in [0.2, 0.25) is 0 Å². The zero-order chi connectivity index (χ0) is 17.4. The van der Waals surface area contributed by atoms with Crippen LogP contribution >= 0.6 is 28.1 Å². The zero-order valence-corrected chi connectivity index (χ0v) is 15.8. The highest BCUT2D eigenvalue weighted by molar-refractivity contribution is 9.10. The first kappa shape index (κ1) is 18.9. The Bertz CT molecular complexity index is 603. The smallest absolute Gasteiger partial charge is 0.270 e. The van der Waals surface area contributed by atoms with Crippen LogP contribution in [0.25, 0.3) is 0 Å². The van der Waals surface area contributed by atoms with Crippen LogP contribution < -0.4 is 16.2 Å². The molecule has 0 atom stereocenters. The lowest BCUT2D eigenvalue weighted by atomic mass is 9.86. The van der Waals surface area contributed by atoms with E-state index in [0.29, 0.717) is 22.4 Å². The van der Waals surface area contributed by atoms with E-state index < -0.39 is 0 Å². The number of carbonyl (C=O) groups is 2. The minimum absolute atomic E-state index is 0.101. The molecule has 1 saturated carbocycles. The van der Waals surface area contributed by atoms with E-state index in [9.17, 15) is 9.59 Å². The fourth-order valence-electron chi connectivity index (χ4n) is 2.86. The Hall–Kier alpha value is -1.47. The van der Waals surface area contributed by atoms with Gasteiger partial charge in [-0.15, -0.1) is 0 Å². The van der Waals surface area contributed by atoms with Crippen LogP contribution in [-0.2, 0) is 4.79 Å². The summed E-state index contributed by atoms with van der Waals surface area (Å²) in [6.45, 7) is 0. The molecular formula is C17H22BrN3O2S. The zero-order valence-electron chi connectivity index (χ0n) is 13.4. The van der Waals surface area contributed by atoms with Gasteiger partial charge in [-0.25, -0.2) is 0 Å². The molecule has 2 amide bonds. The van der Waals surface area contributed by atoms with E-state index >= 15 is 0 Å². The Morgan fingerprint density at radius 1 is 1.12 bits per heavy atom. The van der Waals surface area contributed by atoms with Gasteiger partial charge in [0, 0.05) is 10.9 Å². The molecule has 1 aromatic rings. The first-order valence-electron chi connectivity index (χ1n) is 8.21. The first-order valence-corrected chi connectivity index (χ1v) is 9.41. The Morgan fingerprint density at radius 3 is 2.54 bits per heavy atom. The van der Waals surface area contributed by atoms with Crippen molar-refractivity contribution in [2.75, 3.05) is 0 Å². The summed E-state index contributed by atoms with van der Waals surface area (Å²) < 4.78 is 0.687. The molecule has 3 N–H and O–H groups in total. The van der Waals surface area contributed by atoms with Crippen molar-refractivity contribution in [1.82, 2.24) is 16.2 Å². The van der Waals surface area contributed by atoms with Crippen LogP contribution in [-0.4, -0.2) is 16.9 Å². The van der Waals surface area contributed by atoms with E-state index in [4.69, 9.17) is 12.2 Å². The third-order valence-corrected chi connectivity index (χ3v) is 5.06. The van der Waals surface area contributed by atoms with Gasteiger partial charge in [0.15, 0.2) is 5.11 Å². The van der Waals surface area contributed by atoms with E-state index in [1.165, 1.54) is 32.1 Å². The number of nitrogens with one attached hydrogen (secondary N) is 3. The minimum atomic E-state index is -0.332. The monoisotopic (exact) mass is 411 g/mol. The maximum absolute atomic E-state index is 12.0. The molecule has 1 aliphatic carbocycles. The van der Waals surface area contributed by atoms with Gasteiger partial charge in [0.05, 0.1) is 5.56 Å². The summed E-state index contributed by atoms with van der Waals surface area (Å²) in [4.78, 5) is 23.9. The van der Waals surface area contributed by atoms with Crippen molar-refractivity contribution < 1.29 is 9.59 Å². The van der Waals surface area contributed by atoms with E-state index in [0.717, 1.165) is 6.42 Å². The highest BCUT2D eigenvalue weighted by atomic mass is 79.9. The molecule has 1 aromatic carbocycles. The summed E-state index contributed by atoms with van der Waals surface area (Å²) in [6, 6.07) is 7.06. The lowest BCUT2D eigenvalue weighted by Crippen LogP contribution is -2.48. The minimum Gasteiger partial charge on any atom is -0.302 e. The quantitative estimate of drug-likeness (QED) is 0.524. The number of thiocarbonyl (C=S) groups is 1. The van der Waals surface area contributed by atoms with E-state index in [2.05, 4.69) is 32.1 Å². The molecule has 5 nitrogen and oxygen atoms in total. The van der Waals surface area contributed by atoms with Crippen molar-refractivity contribution in [2.45, 2.75) is 44.9 Å². The van der Waals surface area contributed by atoms with Gasteiger partial charge in [0.2, 0.25) is 5.91 Å². The van der Waals surface area contributed by atoms with Crippen molar-refractivity contribution >= 4 is 45.1 Å². The molecule has 0 aliphatic heterocycles. The number of halogens is 1. The van der Waals surface area contributed by atoms with Gasteiger partial charge in [-0.3, -0.25) is 20.4 Å². The van der Waals surface area contributed by atoms with Crippen molar-refractivity contribution in [3.63, 3.8) is 0 Å². The van der Waals surface area contributed by atoms with Gasteiger partial charge in [0.1, 0.15) is 0 Å². The second-order valence-corrected chi connectivity index (χ2v) is 7.24. The average molecular weight is 412 g/mol. The van der Waals surface area contributed by atoms with E-state index in [1.54, 1.807) is 18.2 Å². The van der Waals surface area contributed by atoms with Crippen LogP contribution in [0, 0.1) is 5.92 Å². The molecule has 0 radical (unpaired) electrons. The van der Waals surface area contributed by atoms with Crippen molar-refractivity contribution in [3.8, 4) is 0 Å². The van der Waals surface area contributed by atoms with E-state index in [-0.39, 0.29) is 16.9 Å². The van der Waals surface area contributed by atoms with Crippen molar-refractivity contribution in [1.29, 1.82) is 0 Å². The Labute approximate surface area is 156 Å². The van der Waals surface area contributed by atoms with Gasteiger partial charge in [-0.05, 0) is 52.6 Å². The Kier molecular flexibility index (Phi) is 7.65. The highest BCUT2D eigenvalue weighted by Gasteiger charge is 2.15. The van der Waals surface area contributed by atoms with Crippen LogP contribution in [0.3, 0.4) is 0 Å². The Morgan fingerprint density at radius 2 is 1.83 bits per heavy atom. The molecule has 0 spiro atoms. The van der Waals surface area contributed by atoms with E-state index in [1.807, 2.05) is 6.07 Å². The molecule has 1 aliphatic rings. The van der Waals surface area contributed by atoms with Crippen LogP contribution in [0.4, 0.5) is 0 Å². The summed E-state index contributed by atoms with van der Waals surface area (Å²) in [7, 11) is 0. The number of rotatable bonds is 4. The molecule has 0 saturated heterocycles. The summed E-state index contributed by atoms with van der Waals surface area (Å²) in [5.74, 6) is 0.204. The molecule has 0 bridgehead atoms. The standard InChI is InChI=1S/C17H22BrN3O2S/c18-14-9-5-4-8-13(14)16(23)20-21-17(24)19-15(22)11-10-12-6-2-1-3-7-12/h4-5,8-9,12H,1-3,6-7,10-11H2,(H,20,23)(H2,19,21,22,24). The van der Waals surface area contributed by atoms with Crippen molar-refractivity contribution in [2.24, 2.45) is 5.92 Å². The highest BCUT2D eigenvalue weighted by Crippen LogP contribution is 2.27. The fraction of sp³-hybridized carbons (Fsp3) is 0.471. The third kappa shape index (κ3) is 6.20. The fourth-order valence-corrected chi connectivity index (χ4v) is 3.49. The molecule has 0 heterocycles. The van der Waals surface area contributed by atoms with Gasteiger partial charge >= 0.3 is 0 Å². The first-order chi connectivity index (χ1) is 11.6. The molecule has 0 unspecified atom stereocenters. The molecule has 130 valence electrons. The topological polar surface area (TPSA) is 70.2 Å². The number of amides is 2. The molecule has 7 heteroatoms. The predicted octanol–water partition coefficient (Wildman–Crippen LogP) is 3.45. The SMILES string of the molecule is O=C(CCC1CCCCC1)NC(=S)NNC(=O)c1ccccc1Br. The summed E-state index contributed by atoms with van der Waals surface area (Å²) in [6.07, 6.45) is 7.66. The lowest BCUT2D eigenvalue weighted by Gasteiger charge is -2.21. The number of hydrazine groups is 1. The average Bonchev–Trinajstić information content (AvgIpc) is 2.59. The van der Waals surface area contributed by atoms with Crippen LogP contribution in [0.5, 0.6) is 0 Å². The maximum Gasteiger partial charge on any atom is 0.270 e. The predicted molar refractivity (Wildman–Crippen MR) is 101 cm³/mol. The van der Waals surface area contributed by atoms with Crippen LogP contribution in [0.15, 0.2) is 28.7 Å². The normalized spacial score (nSPS) is 14.7. The molecule has 24 heavy (non-hydrogen) atoms. The molecular weight excluding hydrogens is 390 g/mol. The molecule has 2 rings (SSSR count). The lowest BCUT2D eigenvalue weighted by molar-refractivity contribution is -0.120. The molecule has 1 fully saturated rings. The number of hydrogen-bond acceptors (Lipinski definition) is 3. The summed E-state index contributed by atoms with van der Waals surface area (Å²) >= 11 is 8.34. The number of benzene rings is 1. The van der Waals surface area contributed by atoms with Gasteiger partial charge in [-0.2, -0.15) is 0 Å². The van der Waals surface area contributed by atoms with Crippen molar-refractivity contribution in [3.05, 3.63) is 34.3 Å². The third-order valence-electron chi connectivity index (χ3n) is 4.17. The largest absolute Gasteiger partial charge is 0.302 e. The maximum atomic E-state index is 12.0. The van der Waals surface area contributed by atoms with Gasteiger partial charge in [0.25, 0.3) is 5.91 Å². The second kappa shape index (κ2) is 9.74.